The summed E-state index contributed by atoms with van der Waals surface area (Å²) in [6.07, 6.45) is 4.37. The van der Waals surface area contributed by atoms with E-state index in [1.54, 1.807) is 13.3 Å². The Hall–Kier alpha value is -3.80. The molecular formula is C24H22N4O2. The largest absolute Gasteiger partial charge is 0.497 e. The molecule has 2 aromatic heterocycles. The normalized spacial score (nSPS) is 15.6. The Balaban J connectivity index is 1.55. The van der Waals surface area contributed by atoms with Crippen molar-refractivity contribution in [2.45, 2.75) is 12.5 Å². The maximum atomic E-state index is 13.3. The summed E-state index contributed by atoms with van der Waals surface area (Å²) in [5.74, 6) is 0.702. The van der Waals surface area contributed by atoms with Crippen LogP contribution in [0, 0.1) is 0 Å². The van der Waals surface area contributed by atoms with Gasteiger partial charge in [-0.15, -0.1) is 0 Å². The Morgan fingerprint density at radius 1 is 1.17 bits per heavy atom. The highest BCUT2D eigenvalue weighted by Gasteiger charge is 2.34. The highest BCUT2D eigenvalue weighted by Crippen LogP contribution is 2.38. The van der Waals surface area contributed by atoms with Crippen LogP contribution in [0.25, 0.3) is 10.9 Å². The SMILES string of the molecule is COc1cccc(NC(=O)N2CCc3c([nH]c4ccccc34)C2c2cccnc2)c1. The first-order valence-electron chi connectivity index (χ1n) is 9.95. The maximum Gasteiger partial charge on any atom is 0.322 e. The molecule has 0 fully saturated rings. The molecule has 0 radical (unpaired) electrons. The van der Waals surface area contributed by atoms with E-state index in [2.05, 4.69) is 33.5 Å². The fourth-order valence-electron chi connectivity index (χ4n) is 4.24. The number of H-pyrrole nitrogens is 1. The number of amides is 2. The monoisotopic (exact) mass is 398 g/mol. The standard InChI is InChI=1S/C24H22N4O2/c1-30-18-8-4-7-17(14-18)26-24(29)28-13-11-20-19-9-2-3-10-21(19)27-22(20)23(28)16-6-5-12-25-15-16/h2-10,12,14-15,23,27H,11,13H2,1H3,(H,26,29). The van der Waals surface area contributed by atoms with E-state index >= 15 is 0 Å². The van der Waals surface area contributed by atoms with E-state index in [-0.39, 0.29) is 12.1 Å². The number of ether oxygens (including phenoxy) is 1. The second-order valence-electron chi connectivity index (χ2n) is 7.36. The van der Waals surface area contributed by atoms with Gasteiger partial charge >= 0.3 is 6.03 Å². The van der Waals surface area contributed by atoms with Crippen LogP contribution in [0.3, 0.4) is 0 Å². The van der Waals surface area contributed by atoms with Gasteiger partial charge in [-0.2, -0.15) is 0 Å². The van der Waals surface area contributed by atoms with Gasteiger partial charge < -0.3 is 19.9 Å². The maximum absolute atomic E-state index is 13.3. The molecule has 150 valence electrons. The van der Waals surface area contributed by atoms with Gasteiger partial charge in [-0.3, -0.25) is 4.98 Å². The van der Waals surface area contributed by atoms with E-state index in [1.165, 1.54) is 10.9 Å². The number of anilines is 1. The zero-order chi connectivity index (χ0) is 20.5. The number of aromatic nitrogens is 2. The van der Waals surface area contributed by atoms with Crippen LogP contribution in [-0.2, 0) is 6.42 Å². The second-order valence-corrected chi connectivity index (χ2v) is 7.36. The molecule has 1 aliphatic rings. The van der Waals surface area contributed by atoms with Crippen molar-refractivity contribution in [2.24, 2.45) is 0 Å². The smallest absolute Gasteiger partial charge is 0.322 e. The number of carbonyl (C=O) groups excluding carboxylic acids is 1. The number of aromatic amines is 1. The lowest BCUT2D eigenvalue weighted by Crippen LogP contribution is -2.43. The van der Waals surface area contributed by atoms with Gasteiger partial charge in [-0.05, 0) is 41.8 Å². The van der Waals surface area contributed by atoms with Gasteiger partial charge in [0.2, 0.25) is 0 Å². The van der Waals surface area contributed by atoms with Crippen LogP contribution in [0.15, 0.2) is 73.1 Å². The zero-order valence-corrected chi connectivity index (χ0v) is 16.6. The lowest BCUT2D eigenvalue weighted by atomic mass is 9.93. The van der Waals surface area contributed by atoms with Crippen molar-refractivity contribution in [3.8, 4) is 5.75 Å². The van der Waals surface area contributed by atoms with Crippen molar-refractivity contribution in [3.05, 3.63) is 89.9 Å². The minimum absolute atomic E-state index is 0.151. The molecule has 30 heavy (non-hydrogen) atoms. The quantitative estimate of drug-likeness (QED) is 0.523. The van der Waals surface area contributed by atoms with Gasteiger partial charge in [0.15, 0.2) is 0 Å². The van der Waals surface area contributed by atoms with Crippen LogP contribution >= 0.6 is 0 Å². The van der Waals surface area contributed by atoms with Crippen molar-refractivity contribution in [2.75, 3.05) is 19.0 Å². The number of pyridine rings is 1. The molecule has 6 nitrogen and oxygen atoms in total. The zero-order valence-electron chi connectivity index (χ0n) is 16.6. The minimum Gasteiger partial charge on any atom is -0.497 e. The molecule has 0 saturated heterocycles. The van der Waals surface area contributed by atoms with Crippen molar-refractivity contribution in [1.82, 2.24) is 14.9 Å². The van der Waals surface area contributed by atoms with Crippen molar-refractivity contribution < 1.29 is 9.53 Å². The average Bonchev–Trinajstić information content (AvgIpc) is 3.18. The Morgan fingerprint density at radius 2 is 2.07 bits per heavy atom. The Morgan fingerprint density at radius 3 is 2.90 bits per heavy atom. The third kappa shape index (κ3) is 3.16. The lowest BCUT2D eigenvalue weighted by Gasteiger charge is -2.36. The Kier molecular flexibility index (Phi) is 4.59. The van der Waals surface area contributed by atoms with Gasteiger partial charge in [0.1, 0.15) is 11.8 Å². The molecule has 4 aromatic rings. The molecule has 2 amide bonds. The van der Waals surface area contributed by atoms with Crippen LogP contribution in [0.4, 0.5) is 10.5 Å². The molecule has 0 aliphatic carbocycles. The molecule has 5 rings (SSSR count). The van der Waals surface area contributed by atoms with Crippen LogP contribution in [0.5, 0.6) is 5.75 Å². The summed E-state index contributed by atoms with van der Waals surface area (Å²) in [6, 6.07) is 19.2. The number of para-hydroxylation sites is 1. The fraction of sp³-hybridized carbons (Fsp3) is 0.167. The molecule has 2 aromatic carbocycles. The molecule has 2 N–H and O–H groups in total. The summed E-state index contributed by atoms with van der Waals surface area (Å²) >= 11 is 0. The molecule has 0 bridgehead atoms. The molecule has 3 heterocycles. The number of fused-ring (bicyclic) bond motifs is 3. The highest BCUT2D eigenvalue weighted by molar-refractivity contribution is 5.91. The summed E-state index contributed by atoms with van der Waals surface area (Å²) in [5, 5.41) is 4.24. The van der Waals surface area contributed by atoms with Crippen LogP contribution < -0.4 is 10.1 Å². The first-order chi connectivity index (χ1) is 14.7. The summed E-state index contributed by atoms with van der Waals surface area (Å²) in [7, 11) is 1.61. The first kappa shape index (κ1) is 18.2. The third-order valence-corrected chi connectivity index (χ3v) is 5.62. The molecule has 1 aliphatic heterocycles. The Bertz CT molecular complexity index is 1200. The number of nitrogens with zero attached hydrogens (tertiary/aromatic N) is 2. The molecule has 6 heteroatoms. The van der Waals surface area contributed by atoms with Crippen molar-refractivity contribution in [3.63, 3.8) is 0 Å². The van der Waals surface area contributed by atoms with E-state index in [0.29, 0.717) is 18.0 Å². The minimum atomic E-state index is -0.236. The van der Waals surface area contributed by atoms with Crippen LogP contribution in [0.1, 0.15) is 22.9 Å². The Labute approximate surface area is 174 Å². The number of rotatable bonds is 3. The predicted molar refractivity (Wildman–Crippen MR) is 117 cm³/mol. The summed E-state index contributed by atoms with van der Waals surface area (Å²) in [4.78, 5) is 23.0. The number of carbonyl (C=O) groups is 1. The molecule has 0 saturated carbocycles. The van der Waals surface area contributed by atoms with Gasteiger partial charge in [-0.25, -0.2) is 4.79 Å². The van der Waals surface area contributed by atoms with Crippen molar-refractivity contribution >= 4 is 22.6 Å². The number of benzene rings is 2. The first-order valence-corrected chi connectivity index (χ1v) is 9.95. The van der Waals surface area contributed by atoms with E-state index < -0.39 is 0 Å². The number of hydrogen-bond acceptors (Lipinski definition) is 3. The molecule has 1 unspecified atom stereocenters. The number of nitrogens with one attached hydrogen (secondary N) is 2. The second kappa shape index (κ2) is 7.55. The molecule has 0 spiro atoms. The highest BCUT2D eigenvalue weighted by atomic mass is 16.5. The van der Waals surface area contributed by atoms with Crippen molar-refractivity contribution in [1.29, 1.82) is 0 Å². The van der Waals surface area contributed by atoms with E-state index in [1.807, 2.05) is 53.6 Å². The van der Waals surface area contributed by atoms with Gasteiger partial charge in [0, 0.05) is 47.3 Å². The predicted octanol–water partition coefficient (Wildman–Crippen LogP) is 4.75. The van der Waals surface area contributed by atoms with Gasteiger partial charge in [0.05, 0.1) is 7.11 Å². The number of methoxy groups -OCH3 is 1. The average molecular weight is 398 g/mol. The van der Waals surface area contributed by atoms with Crippen LogP contribution in [0.2, 0.25) is 0 Å². The third-order valence-electron chi connectivity index (χ3n) is 5.62. The van der Waals surface area contributed by atoms with Crippen LogP contribution in [-0.4, -0.2) is 34.6 Å². The number of urea groups is 1. The number of hydrogen-bond donors (Lipinski definition) is 2. The lowest BCUT2D eigenvalue weighted by molar-refractivity contribution is 0.193. The summed E-state index contributed by atoms with van der Waals surface area (Å²) < 4.78 is 5.27. The van der Waals surface area contributed by atoms with E-state index in [4.69, 9.17) is 4.74 Å². The molecule has 1 atom stereocenters. The molecular weight excluding hydrogens is 376 g/mol. The fourth-order valence-corrected chi connectivity index (χ4v) is 4.24. The summed E-state index contributed by atoms with van der Waals surface area (Å²) in [5.41, 5.74) is 5.09. The van der Waals surface area contributed by atoms with Gasteiger partial charge in [0.25, 0.3) is 0 Å². The van der Waals surface area contributed by atoms with E-state index in [0.717, 1.165) is 23.2 Å². The van der Waals surface area contributed by atoms with Gasteiger partial charge in [-0.1, -0.05) is 30.3 Å². The summed E-state index contributed by atoms with van der Waals surface area (Å²) in [6.45, 7) is 0.615. The topological polar surface area (TPSA) is 70.2 Å². The van der Waals surface area contributed by atoms with E-state index in [9.17, 15) is 4.79 Å².